The Labute approximate surface area is 94.0 Å². The number of unbranched alkanes of at least 4 members (excludes halogenated alkanes) is 5. The number of nitrogens with one attached hydrogen (secondary N) is 2. The van der Waals surface area contributed by atoms with E-state index in [4.69, 9.17) is 0 Å². The van der Waals surface area contributed by atoms with Crippen LogP contribution in [0.1, 0.15) is 52.4 Å². The van der Waals surface area contributed by atoms with Gasteiger partial charge in [0.15, 0.2) is 0 Å². The van der Waals surface area contributed by atoms with E-state index in [1.165, 1.54) is 32.1 Å². The lowest BCUT2D eigenvalue weighted by atomic mass is 10.1. The molecule has 15 heavy (non-hydrogen) atoms. The van der Waals surface area contributed by atoms with E-state index in [1.54, 1.807) is 6.92 Å². The van der Waals surface area contributed by atoms with Crippen molar-refractivity contribution in [1.29, 1.82) is 0 Å². The van der Waals surface area contributed by atoms with Gasteiger partial charge in [-0.1, -0.05) is 32.6 Å². The first-order valence-corrected chi connectivity index (χ1v) is 6.22. The highest BCUT2D eigenvalue weighted by Crippen LogP contribution is 2.04. The van der Waals surface area contributed by atoms with Crippen LogP contribution in [0.2, 0.25) is 0 Å². The van der Waals surface area contributed by atoms with Crippen molar-refractivity contribution in [1.82, 2.24) is 10.6 Å². The van der Waals surface area contributed by atoms with Crippen molar-refractivity contribution in [3.8, 4) is 0 Å². The van der Waals surface area contributed by atoms with Crippen molar-refractivity contribution < 1.29 is 4.79 Å². The number of amides is 1. The molecule has 0 spiro atoms. The van der Waals surface area contributed by atoms with Gasteiger partial charge in [0.2, 0.25) is 5.91 Å². The number of hydrogen-bond acceptors (Lipinski definition) is 2. The number of carbonyl (C=O) groups excluding carboxylic acids is 1. The monoisotopic (exact) mass is 214 g/mol. The van der Waals surface area contributed by atoms with E-state index in [1.807, 2.05) is 0 Å². The van der Waals surface area contributed by atoms with Crippen LogP contribution in [0.25, 0.3) is 0 Å². The molecular weight excluding hydrogens is 188 g/mol. The highest BCUT2D eigenvalue weighted by atomic mass is 16.1. The molecule has 90 valence electrons. The summed E-state index contributed by atoms with van der Waals surface area (Å²) in [4.78, 5) is 10.6. The third-order valence-electron chi connectivity index (χ3n) is 2.40. The molecule has 0 bridgehead atoms. The van der Waals surface area contributed by atoms with Gasteiger partial charge in [0.1, 0.15) is 0 Å². The summed E-state index contributed by atoms with van der Waals surface area (Å²) in [5, 5.41) is 6.14. The summed E-state index contributed by atoms with van der Waals surface area (Å²) in [7, 11) is 0. The molecule has 0 aromatic carbocycles. The molecule has 0 saturated heterocycles. The minimum Gasteiger partial charge on any atom is -0.356 e. The standard InChI is InChI=1S/C12H26N2O/c1-3-13-10-8-6-4-5-7-9-11-14-12(2)15/h13H,3-11H2,1-2H3,(H,14,15). The topological polar surface area (TPSA) is 41.1 Å². The summed E-state index contributed by atoms with van der Waals surface area (Å²) < 4.78 is 0. The van der Waals surface area contributed by atoms with Crippen molar-refractivity contribution in [3.05, 3.63) is 0 Å². The number of carbonyl (C=O) groups is 1. The van der Waals surface area contributed by atoms with Gasteiger partial charge < -0.3 is 10.6 Å². The fourth-order valence-electron chi connectivity index (χ4n) is 1.52. The van der Waals surface area contributed by atoms with Crippen LogP contribution in [0.4, 0.5) is 0 Å². The summed E-state index contributed by atoms with van der Waals surface area (Å²) in [6, 6.07) is 0. The van der Waals surface area contributed by atoms with Crippen LogP contribution in [0, 0.1) is 0 Å². The van der Waals surface area contributed by atoms with Gasteiger partial charge in [0, 0.05) is 13.5 Å². The van der Waals surface area contributed by atoms with Gasteiger partial charge in [-0.25, -0.2) is 0 Å². The van der Waals surface area contributed by atoms with Crippen molar-refractivity contribution >= 4 is 5.91 Å². The molecule has 0 saturated carbocycles. The van der Waals surface area contributed by atoms with E-state index in [9.17, 15) is 4.79 Å². The van der Waals surface area contributed by atoms with Gasteiger partial charge in [-0.3, -0.25) is 4.79 Å². The Hall–Kier alpha value is -0.570. The van der Waals surface area contributed by atoms with Gasteiger partial charge >= 0.3 is 0 Å². The molecule has 0 aromatic rings. The molecule has 0 radical (unpaired) electrons. The maximum absolute atomic E-state index is 10.6. The first-order chi connectivity index (χ1) is 7.27. The average molecular weight is 214 g/mol. The first-order valence-electron chi connectivity index (χ1n) is 6.22. The summed E-state index contributed by atoms with van der Waals surface area (Å²) in [5.41, 5.74) is 0. The SMILES string of the molecule is CCNCCCCCCCCNC(C)=O. The third-order valence-corrected chi connectivity index (χ3v) is 2.40. The van der Waals surface area contributed by atoms with Crippen molar-refractivity contribution in [3.63, 3.8) is 0 Å². The average Bonchev–Trinajstić information content (AvgIpc) is 2.20. The molecule has 0 aromatic heterocycles. The fraction of sp³-hybridized carbons (Fsp3) is 0.917. The normalized spacial score (nSPS) is 10.3. The van der Waals surface area contributed by atoms with Crippen LogP contribution in [-0.4, -0.2) is 25.5 Å². The lowest BCUT2D eigenvalue weighted by Gasteiger charge is -2.03. The highest BCUT2D eigenvalue weighted by molar-refractivity contribution is 5.72. The number of hydrogen-bond donors (Lipinski definition) is 2. The van der Waals surface area contributed by atoms with E-state index in [-0.39, 0.29) is 5.91 Å². The minimum absolute atomic E-state index is 0.0839. The minimum atomic E-state index is 0.0839. The maximum atomic E-state index is 10.6. The zero-order valence-corrected chi connectivity index (χ0v) is 10.3. The predicted octanol–water partition coefficient (Wildman–Crippen LogP) is 2.07. The zero-order valence-electron chi connectivity index (χ0n) is 10.3. The van der Waals surface area contributed by atoms with Gasteiger partial charge in [-0.15, -0.1) is 0 Å². The van der Waals surface area contributed by atoms with Gasteiger partial charge in [0.25, 0.3) is 0 Å². The molecule has 0 rings (SSSR count). The van der Waals surface area contributed by atoms with E-state index in [2.05, 4.69) is 17.6 Å². The van der Waals surface area contributed by atoms with Crippen LogP contribution < -0.4 is 10.6 Å². The molecule has 2 N–H and O–H groups in total. The maximum Gasteiger partial charge on any atom is 0.216 e. The summed E-state index contributed by atoms with van der Waals surface area (Å²) in [5.74, 6) is 0.0839. The van der Waals surface area contributed by atoms with Crippen LogP contribution >= 0.6 is 0 Å². The van der Waals surface area contributed by atoms with Crippen LogP contribution in [0.5, 0.6) is 0 Å². The molecule has 0 heterocycles. The van der Waals surface area contributed by atoms with Gasteiger partial charge in [-0.05, 0) is 25.9 Å². The Morgan fingerprint density at radius 2 is 1.47 bits per heavy atom. The highest BCUT2D eigenvalue weighted by Gasteiger charge is 1.92. The van der Waals surface area contributed by atoms with E-state index >= 15 is 0 Å². The smallest absolute Gasteiger partial charge is 0.216 e. The lowest BCUT2D eigenvalue weighted by Crippen LogP contribution is -2.20. The fourth-order valence-corrected chi connectivity index (χ4v) is 1.52. The Kier molecular flexibility index (Phi) is 11.1. The third kappa shape index (κ3) is 13.4. The molecule has 1 amide bonds. The molecule has 0 aliphatic heterocycles. The second kappa shape index (κ2) is 11.5. The van der Waals surface area contributed by atoms with E-state index in [0.717, 1.165) is 26.1 Å². The van der Waals surface area contributed by atoms with Crippen LogP contribution in [-0.2, 0) is 4.79 Å². The molecule has 3 nitrogen and oxygen atoms in total. The largest absolute Gasteiger partial charge is 0.356 e. The van der Waals surface area contributed by atoms with Gasteiger partial charge in [0.05, 0.1) is 0 Å². The molecular formula is C12H26N2O. The molecule has 0 aliphatic carbocycles. The molecule has 0 fully saturated rings. The molecule has 0 unspecified atom stereocenters. The Balaban J connectivity index is 2.89. The van der Waals surface area contributed by atoms with Gasteiger partial charge in [-0.2, -0.15) is 0 Å². The van der Waals surface area contributed by atoms with Crippen molar-refractivity contribution in [2.24, 2.45) is 0 Å². The predicted molar refractivity (Wildman–Crippen MR) is 64.9 cm³/mol. The molecule has 3 heteroatoms. The second-order valence-corrected chi connectivity index (χ2v) is 3.96. The van der Waals surface area contributed by atoms with Crippen LogP contribution in [0.15, 0.2) is 0 Å². The van der Waals surface area contributed by atoms with Crippen LogP contribution in [0.3, 0.4) is 0 Å². The summed E-state index contributed by atoms with van der Waals surface area (Å²) in [6.45, 7) is 6.79. The van der Waals surface area contributed by atoms with Crippen molar-refractivity contribution in [2.75, 3.05) is 19.6 Å². The van der Waals surface area contributed by atoms with E-state index in [0.29, 0.717) is 0 Å². The Morgan fingerprint density at radius 3 is 2.00 bits per heavy atom. The van der Waals surface area contributed by atoms with Crippen molar-refractivity contribution in [2.45, 2.75) is 52.4 Å². The molecule has 0 atom stereocenters. The van der Waals surface area contributed by atoms with E-state index < -0.39 is 0 Å². The first kappa shape index (κ1) is 14.4. The summed E-state index contributed by atoms with van der Waals surface area (Å²) in [6.07, 6.45) is 7.60. The summed E-state index contributed by atoms with van der Waals surface area (Å²) >= 11 is 0. The Morgan fingerprint density at radius 1 is 0.933 bits per heavy atom. The Bertz CT molecular complexity index is 149. The second-order valence-electron chi connectivity index (χ2n) is 3.96. The molecule has 0 aliphatic rings. The lowest BCUT2D eigenvalue weighted by molar-refractivity contribution is -0.118. The zero-order chi connectivity index (χ0) is 11.4. The number of rotatable bonds is 10. The quantitative estimate of drug-likeness (QED) is 0.547.